The van der Waals surface area contributed by atoms with Gasteiger partial charge in [0.25, 0.3) is 5.69 Å². The summed E-state index contributed by atoms with van der Waals surface area (Å²) in [5.74, 6) is 0.559. The molecule has 1 atom stereocenters. The normalized spacial score (nSPS) is 12.7. The number of nitrogens with zero attached hydrogens (tertiary/aromatic N) is 1. The standard InChI is InChI=1S/C13H18ClNO2/c1-10(2)9-12(14)8-7-11-5-3-4-6-13(11)15(16)17/h3-6,10,12H,7-9H2,1-2H3. The topological polar surface area (TPSA) is 43.1 Å². The number of halogens is 1. The molecule has 94 valence electrons. The number of para-hydroxylation sites is 1. The van der Waals surface area contributed by atoms with Crippen LogP contribution in [0.25, 0.3) is 0 Å². The third-order valence-electron chi connectivity index (χ3n) is 2.64. The van der Waals surface area contributed by atoms with Crippen LogP contribution in [0.1, 0.15) is 32.3 Å². The minimum absolute atomic E-state index is 0.0924. The van der Waals surface area contributed by atoms with Gasteiger partial charge in [-0.3, -0.25) is 10.1 Å². The summed E-state index contributed by atoms with van der Waals surface area (Å²) in [5.41, 5.74) is 0.966. The van der Waals surface area contributed by atoms with Crippen LogP contribution < -0.4 is 0 Å². The number of nitro groups is 1. The zero-order valence-electron chi connectivity index (χ0n) is 10.2. The molecule has 0 aliphatic heterocycles. The second-order valence-corrected chi connectivity index (χ2v) is 5.27. The first-order chi connectivity index (χ1) is 8.00. The van der Waals surface area contributed by atoms with E-state index in [1.807, 2.05) is 6.07 Å². The second kappa shape index (κ2) is 6.60. The summed E-state index contributed by atoms with van der Waals surface area (Å²) in [6.45, 7) is 4.25. The molecule has 0 spiro atoms. The summed E-state index contributed by atoms with van der Waals surface area (Å²) < 4.78 is 0. The molecule has 1 unspecified atom stereocenters. The number of aryl methyl sites for hydroxylation is 1. The molecule has 0 bridgehead atoms. The quantitative estimate of drug-likeness (QED) is 0.435. The first-order valence-corrected chi connectivity index (χ1v) is 6.30. The van der Waals surface area contributed by atoms with Crippen LogP contribution in [0.2, 0.25) is 0 Å². The molecule has 1 aromatic carbocycles. The average Bonchev–Trinajstić information content (AvgIpc) is 2.25. The predicted octanol–water partition coefficient (Wildman–Crippen LogP) is 4.18. The van der Waals surface area contributed by atoms with Crippen molar-refractivity contribution in [2.24, 2.45) is 5.92 Å². The van der Waals surface area contributed by atoms with Crippen molar-refractivity contribution in [3.63, 3.8) is 0 Å². The Morgan fingerprint density at radius 1 is 1.35 bits per heavy atom. The molecule has 0 N–H and O–H groups in total. The largest absolute Gasteiger partial charge is 0.272 e. The summed E-state index contributed by atoms with van der Waals surface area (Å²) in [6, 6.07) is 6.86. The maximum absolute atomic E-state index is 10.8. The van der Waals surface area contributed by atoms with Crippen molar-refractivity contribution in [1.82, 2.24) is 0 Å². The zero-order chi connectivity index (χ0) is 12.8. The van der Waals surface area contributed by atoms with E-state index in [9.17, 15) is 10.1 Å². The minimum atomic E-state index is -0.332. The lowest BCUT2D eigenvalue weighted by Gasteiger charge is -2.11. The van der Waals surface area contributed by atoms with Gasteiger partial charge in [-0.15, -0.1) is 11.6 Å². The van der Waals surface area contributed by atoms with Crippen molar-refractivity contribution in [3.8, 4) is 0 Å². The number of hydrogen-bond donors (Lipinski definition) is 0. The third kappa shape index (κ3) is 4.73. The van der Waals surface area contributed by atoms with E-state index in [0.717, 1.165) is 18.4 Å². The van der Waals surface area contributed by atoms with E-state index in [1.54, 1.807) is 18.2 Å². The fourth-order valence-corrected chi connectivity index (χ4v) is 2.31. The van der Waals surface area contributed by atoms with Gasteiger partial charge < -0.3 is 0 Å². The zero-order valence-corrected chi connectivity index (χ0v) is 11.0. The monoisotopic (exact) mass is 255 g/mol. The van der Waals surface area contributed by atoms with Crippen molar-refractivity contribution >= 4 is 17.3 Å². The van der Waals surface area contributed by atoms with Crippen molar-refractivity contribution in [2.45, 2.75) is 38.5 Å². The van der Waals surface area contributed by atoms with Gasteiger partial charge in [0.2, 0.25) is 0 Å². The highest BCUT2D eigenvalue weighted by Gasteiger charge is 2.14. The Balaban J connectivity index is 2.60. The molecule has 0 aromatic heterocycles. The molecule has 0 radical (unpaired) electrons. The summed E-state index contributed by atoms with van der Waals surface area (Å²) in [4.78, 5) is 10.5. The molecule has 1 rings (SSSR count). The van der Waals surface area contributed by atoms with Gasteiger partial charge in [-0.1, -0.05) is 32.0 Å². The molecule has 4 heteroatoms. The van der Waals surface area contributed by atoms with E-state index in [0.29, 0.717) is 12.3 Å². The Kier molecular flexibility index (Phi) is 5.42. The molecule has 1 aromatic rings. The van der Waals surface area contributed by atoms with Crippen LogP contribution in [0.15, 0.2) is 24.3 Å². The Morgan fingerprint density at radius 3 is 2.59 bits per heavy atom. The fourth-order valence-electron chi connectivity index (χ4n) is 1.84. The number of alkyl halides is 1. The SMILES string of the molecule is CC(C)CC(Cl)CCc1ccccc1[N+](=O)[O-]. The van der Waals surface area contributed by atoms with Gasteiger partial charge in [0, 0.05) is 17.0 Å². The van der Waals surface area contributed by atoms with Gasteiger partial charge in [-0.25, -0.2) is 0 Å². The van der Waals surface area contributed by atoms with Crippen LogP contribution in [0, 0.1) is 16.0 Å². The van der Waals surface area contributed by atoms with Gasteiger partial charge in [0.15, 0.2) is 0 Å². The van der Waals surface area contributed by atoms with E-state index in [2.05, 4.69) is 13.8 Å². The van der Waals surface area contributed by atoms with Crippen LogP contribution >= 0.6 is 11.6 Å². The van der Waals surface area contributed by atoms with Gasteiger partial charge in [-0.05, 0) is 25.2 Å². The van der Waals surface area contributed by atoms with Gasteiger partial charge in [-0.2, -0.15) is 0 Å². The maximum atomic E-state index is 10.8. The van der Waals surface area contributed by atoms with Gasteiger partial charge >= 0.3 is 0 Å². The Hall–Kier alpha value is -1.09. The summed E-state index contributed by atoms with van der Waals surface area (Å²) in [7, 11) is 0. The van der Waals surface area contributed by atoms with Crippen LogP contribution in [-0.2, 0) is 6.42 Å². The highest BCUT2D eigenvalue weighted by Crippen LogP contribution is 2.22. The number of nitro benzene ring substituents is 1. The molecular weight excluding hydrogens is 238 g/mol. The Bertz CT molecular complexity index is 379. The molecule has 17 heavy (non-hydrogen) atoms. The molecule has 0 saturated carbocycles. The maximum Gasteiger partial charge on any atom is 0.272 e. The van der Waals surface area contributed by atoms with Crippen LogP contribution in [0.5, 0.6) is 0 Å². The highest BCUT2D eigenvalue weighted by molar-refractivity contribution is 6.20. The van der Waals surface area contributed by atoms with E-state index in [-0.39, 0.29) is 16.0 Å². The number of rotatable bonds is 6. The lowest BCUT2D eigenvalue weighted by Crippen LogP contribution is -2.06. The smallest absolute Gasteiger partial charge is 0.258 e. The van der Waals surface area contributed by atoms with Crippen molar-refractivity contribution in [3.05, 3.63) is 39.9 Å². The van der Waals surface area contributed by atoms with Crippen molar-refractivity contribution in [2.75, 3.05) is 0 Å². The highest BCUT2D eigenvalue weighted by atomic mass is 35.5. The fraction of sp³-hybridized carbons (Fsp3) is 0.538. The minimum Gasteiger partial charge on any atom is -0.258 e. The molecule has 0 saturated heterocycles. The van der Waals surface area contributed by atoms with E-state index in [4.69, 9.17) is 11.6 Å². The summed E-state index contributed by atoms with van der Waals surface area (Å²) >= 11 is 6.19. The van der Waals surface area contributed by atoms with Gasteiger partial charge in [0.05, 0.1) is 4.92 Å². The first kappa shape index (κ1) is 14.0. The average molecular weight is 256 g/mol. The van der Waals surface area contributed by atoms with Gasteiger partial charge in [0.1, 0.15) is 0 Å². The van der Waals surface area contributed by atoms with Crippen molar-refractivity contribution < 1.29 is 4.92 Å². The number of hydrogen-bond acceptors (Lipinski definition) is 2. The Labute approximate surface area is 107 Å². The lowest BCUT2D eigenvalue weighted by atomic mass is 10.0. The number of benzene rings is 1. The van der Waals surface area contributed by atoms with Crippen molar-refractivity contribution in [1.29, 1.82) is 0 Å². The van der Waals surface area contributed by atoms with E-state index in [1.165, 1.54) is 0 Å². The van der Waals surface area contributed by atoms with E-state index < -0.39 is 0 Å². The molecule has 3 nitrogen and oxygen atoms in total. The second-order valence-electron chi connectivity index (χ2n) is 4.65. The molecule has 0 aliphatic rings. The van der Waals surface area contributed by atoms with Crippen LogP contribution in [0.4, 0.5) is 5.69 Å². The Morgan fingerprint density at radius 2 is 2.00 bits per heavy atom. The first-order valence-electron chi connectivity index (χ1n) is 5.87. The van der Waals surface area contributed by atoms with Crippen LogP contribution in [0.3, 0.4) is 0 Å². The third-order valence-corrected chi connectivity index (χ3v) is 3.04. The molecular formula is C13H18ClNO2. The molecule has 0 fully saturated rings. The van der Waals surface area contributed by atoms with E-state index >= 15 is 0 Å². The summed E-state index contributed by atoms with van der Waals surface area (Å²) in [5, 5.41) is 10.9. The summed E-state index contributed by atoms with van der Waals surface area (Å²) in [6.07, 6.45) is 2.39. The molecule has 0 amide bonds. The lowest BCUT2D eigenvalue weighted by molar-refractivity contribution is -0.385. The molecule has 0 heterocycles. The molecule has 0 aliphatic carbocycles. The predicted molar refractivity (Wildman–Crippen MR) is 70.5 cm³/mol. The van der Waals surface area contributed by atoms with Crippen LogP contribution in [-0.4, -0.2) is 10.3 Å².